The second-order valence-corrected chi connectivity index (χ2v) is 11.2. The number of thiophene rings is 1. The van der Waals surface area contributed by atoms with Crippen LogP contribution in [0.5, 0.6) is 5.75 Å². The summed E-state index contributed by atoms with van der Waals surface area (Å²) in [7, 11) is 1.61. The molecule has 1 aromatic carbocycles. The summed E-state index contributed by atoms with van der Waals surface area (Å²) in [4.78, 5) is 34.5. The number of amides is 2. The molecule has 0 saturated carbocycles. The van der Waals surface area contributed by atoms with Crippen molar-refractivity contribution in [3.63, 3.8) is 0 Å². The van der Waals surface area contributed by atoms with Crippen LogP contribution in [0.1, 0.15) is 49.5 Å². The average Bonchev–Trinajstić information content (AvgIpc) is 3.58. The number of benzene rings is 1. The van der Waals surface area contributed by atoms with Crippen LogP contribution in [0.25, 0.3) is 10.8 Å². The Bertz CT molecular complexity index is 1330. The maximum atomic E-state index is 14.1. The van der Waals surface area contributed by atoms with Crippen LogP contribution < -0.4 is 9.64 Å². The number of ether oxygens (including phenoxy) is 3. The van der Waals surface area contributed by atoms with Crippen LogP contribution in [0.4, 0.5) is 9.80 Å². The fourth-order valence-corrected chi connectivity index (χ4v) is 6.27. The zero-order valence-corrected chi connectivity index (χ0v) is 23.3. The van der Waals surface area contributed by atoms with E-state index in [1.807, 2.05) is 31.2 Å². The summed E-state index contributed by atoms with van der Waals surface area (Å²) >= 11 is 1.41. The molecule has 11 heteroatoms. The number of rotatable bonds is 9. The molecule has 3 aromatic rings. The lowest BCUT2D eigenvalue weighted by molar-refractivity contribution is -0.147. The Morgan fingerprint density at radius 2 is 2.03 bits per heavy atom. The SMILES string of the molecule is COc1ccccc1[C@H](CN1C(=O)N(C(C)(C)C(=O)O)Cc2c1sc(-c1ncco1)c2C)OC1CCOCC1. The van der Waals surface area contributed by atoms with E-state index in [9.17, 15) is 14.7 Å². The van der Waals surface area contributed by atoms with Gasteiger partial charge >= 0.3 is 12.0 Å². The van der Waals surface area contributed by atoms with Crippen LogP contribution in [0, 0.1) is 6.92 Å². The first-order valence-corrected chi connectivity index (χ1v) is 13.7. The molecule has 4 heterocycles. The predicted molar refractivity (Wildman–Crippen MR) is 145 cm³/mol. The molecule has 0 bridgehead atoms. The number of fused-ring (bicyclic) bond motifs is 1. The molecule has 208 valence electrons. The summed E-state index contributed by atoms with van der Waals surface area (Å²) in [6.07, 6.45) is 4.00. The molecule has 5 rings (SSSR count). The summed E-state index contributed by atoms with van der Waals surface area (Å²) in [6, 6.07) is 7.22. The number of hydrogen-bond donors (Lipinski definition) is 1. The molecule has 1 fully saturated rings. The molecule has 0 unspecified atom stereocenters. The van der Waals surface area contributed by atoms with Gasteiger partial charge in [0.25, 0.3) is 0 Å². The van der Waals surface area contributed by atoms with E-state index in [4.69, 9.17) is 18.6 Å². The maximum absolute atomic E-state index is 14.1. The van der Waals surface area contributed by atoms with Crippen molar-refractivity contribution in [2.24, 2.45) is 0 Å². The number of carboxylic acid groups (broad SMARTS) is 1. The van der Waals surface area contributed by atoms with E-state index in [1.165, 1.54) is 22.5 Å². The Hall–Kier alpha value is -3.41. The standard InChI is InChI=1S/C28H33N3O7S/c1-17-20-15-31(28(2,3)26(32)33)27(34)30(25(20)39-23(17)24-29-11-14-37-24)16-22(38-18-9-12-36-13-10-18)19-7-5-6-8-21(19)35-4/h5-8,11,14,18,22H,9-10,12-13,15-16H2,1-4H3,(H,32,33)/t22-/m0/s1. The highest BCUT2D eigenvalue weighted by atomic mass is 32.1. The van der Waals surface area contributed by atoms with Crippen LogP contribution in [-0.4, -0.2) is 65.5 Å². The molecule has 1 N–H and O–H groups in total. The molecular formula is C28H33N3O7S. The van der Waals surface area contributed by atoms with Gasteiger partial charge in [0.2, 0.25) is 5.89 Å². The van der Waals surface area contributed by atoms with E-state index in [0.717, 1.165) is 39.4 Å². The van der Waals surface area contributed by atoms with Gasteiger partial charge in [0.15, 0.2) is 0 Å². The average molecular weight is 556 g/mol. The lowest BCUT2D eigenvalue weighted by Gasteiger charge is -2.43. The van der Waals surface area contributed by atoms with Gasteiger partial charge in [-0.3, -0.25) is 4.90 Å². The minimum absolute atomic E-state index is 0.0486. The minimum Gasteiger partial charge on any atom is -0.496 e. The van der Waals surface area contributed by atoms with Gasteiger partial charge in [0, 0.05) is 24.3 Å². The molecule has 1 saturated heterocycles. The van der Waals surface area contributed by atoms with Crippen molar-refractivity contribution < 1.29 is 33.3 Å². The molecular weight excluding hydrogens is 522 g/mol. The third-order valence-electron chi connectivity index (χ3n) is 7.46. The lowest BCUT2D eigenvalue weighted by atomic mass is 9.99. The zero-order valence-electron chi connectivity index (χ0n) is 22.5. The number of anilines is 1. The molecule has 2 aliphatic rings. The Labute approximate surface area is 231 Å². The van der Waals surface area contributed by atoms with E-state index >= 15 is 0 Å². The third-order valence-corrected chi connectivity index (χ3v) is 8.80. The normalized spacial score (nSPS) is 17.3. The first-order chi connectivity index (χ1) is 18.7. The van der Waals surface area contributed by atoms with Crippen LogP contribution in [-0.2, 0) is 20.8 Å². The van der Waals surface area contributed by atoms with Gasteiger partial charge in [0.1, 0.15) is 28.7 Å². The Morgan fingerprint density at radius 3 is 2.69 bits per heavy atom. The molecule has 2 aliphatic heterocycles. The predicted octanol–water partition coefficient (Wildman–Crippen LogP) is 5.26. The van der Waals surface area contributed by atoms with Gasteiger partial charge in [-0.15, -0.1) is 11.3 Å². The number of aromatic nitrogens is 1. The van der Waals surface area contributed by atoms with E-state index in [1.54, 1.807) is 32.1 Å². The van der Waals surface area contributed by atoms with Crippen LogP contribution in [0.15, 0.2) is 41.1 Å². The highest BCUT2D eigenvalue weighted by molar-refractivity contribution is 7.20. The van der Waals surface area contributed by atoms with E-state index in [-0.39, 0.29) is 19.2 Å². The van der Waals surface area contributed by atoms with Crippen molar-refractivity contribution in [3.8, 4) is 16.5 Å². The number of para-hydroxylation sites is 1. The number of nitrogens with zero attached hydrogens (tertiary/aromatic N) is 3. The van der Waals surface area contributed by atoms with Crippen molar-refractivity contribution in [1.29, 1.82) is 0 Å². The smallest absolute Gasteiger partial charge is 0.329 e. The second kappa shape index (κ2) is 11.0. The molecule has 2 aromatic heterocycles. The van der Waals surface area contributed by atoms with E-state index < -0.39 is 23.6 Å². The van der Waals surface area contributed by atoms with Gasteiger partial charge in [-0.25, -0.2) is 14.6 Å². The highest BCUT2D eigenvalue weighted by Crippen LogP contribution is 2.46. The highest BCUT2D eigenvalue weighted by Gasteiger charge is 2.46. The van der Waals surface area contributed by atoms with Crippen molar-refractivity contribution >= 4 is 28.3 Å². The summed E-state index contributed by atoms with van der Waals surface area (Å²) < 4.78 is 23.4. The summed E-state index contributed by atoms with van der Waals surface area (Å²) in [5, 5.41) is 10.8. The van der Waals surface area contributed by atoms with Crippen molar-refractivity contribution in [2.75, 3.05) is 31.8 Å². The van der Waals surface area contributed by atoms with Gasteiger partial charge in [-0.2, -0.15) is 0 Å². The molecule has 2 amide bonds. The van der Waals surface area contributed by atoms with Gasteiger partial charge in [0.05, 0.1) is 37.4 Å². The molecule has 10 nitrogen and oxygen atoms in total. The fraction of sp³-hybridized carbons (Fsp3) is 0.464. The summed E-state index contributed by atoms with van der Waals surface area (Å²) in [5.41, 5.74) is 1.15. The Balaban J connectivity index is 1.59. The van der Waals surface area contributed by atoms with Crippen LogP contribution in [0.2, 0.25) is 0 Å². The Morgan fingerprint density at radius 1 is 1.28 bits per heavy atom. The zero-order chi connectivity index (χ0) is 27.7. The first-order valence-electron chi connectivity index (χ1n) is 12.9. The number of oxazole rings is 1. The monoisotopic (exact) mass is 555 g/mol. The van der Waals surface area contributed by atoms with Gasteiger partial charge < -0.3 is 28.6 Å². The third kappa shape index (κ3) is 5.13. The van der Waals surface area contributed by atoms with Gasteiger partial charge in [-0.05, 0) is 45.2 Å². The largest absolute Gasteiger partial charge is 0.496 e. The number of hydrogen-bond acceptors (Lipinski definition) is 8. The van der Waals surface area contributed by atoms with Crippen molar-refractivity contribution in [1.82, 2.24) is 9.88 Å². The van der Waals surface area contributed by atoms with Crippen LogP contribution in [0.3, 0.4) is 0 Å². The number of carboxylic acids is 1. The fourth-order valence-electron chi connectivity index (χ4n) is 5.00. The lowest BCUT2D eigenvalue weighted by Crippen LogP contribution is -2.59. The molecule has 0 aliphatic carbocycles. The first kappa shape index (κ1) is 27.2. The van der Waals surface area contributed by atoms with Crippen molar-refractivity contribution in [2.45, 2.75) is 57.9 Å². The number of urea groups is 1. The number of carbonyl (C=O) groups excluding carboxylic acids is 1. The minimum atomic E-state index is -1.44. The number of carbonyl (C=O) groups is 2. The topological polar surface area (TPSA) is 115 Å². The summed E-state index contributed by atoms with van der Waals surface area (Å²) in [5.74, 6) is 0.0349. The molecule has 1 atom stereocenters. The molecule has 39 heavy (non-hydrogen) atoms. The second-order valence-electron chi connectivity index (χ2n) is 10.2. The van der Waals surface area contributed by atoms with Crippen LogP contribution >= 0.6 is 11.3 Å². The maximum Gasteiger partial charge on any atom is 0.329 e. The van der Waals surface area contributed by atoms with E-state index in [2.05, 4.69) is 4.98 Å². The van der Waals surface area contributed by atoms with E-state index in [0.29, 0.717) is 24.9 Å². The molecule has 0 radical (unpaired) electrons. The van der Waals surface area contributed by atoms with Crippen molar-refractivity contribution in [3.05, 3.63) is 53.4 Å². The quantitative estimate of drug-likeness (QED) is 0.380. The Kier molecular flexibility index (Phi) is 7.66. The number of aliphatic carboxylic acids is 1. The van der Waals surface area contributed by atoms with Gasteiger partial charge in [-0.1, -0.05) is 18.2 Å². The molecule has 0 spiro atoms. The number of methoxy groups -OCH3 is 1. The summed E-state index contributed by atoms with van der Waals surface area (Å²) in [6.45, 7) is 6.59.